The molecule has 0 spiro atoms. The number of hydrogen-bond donors (Lipinski definition) is 1. The van der Waals surface area contributed by atoms with Crippen molar-refractivity contribution >= 4 is 23.6 Å². The largest absolute Gasteiger partial charge is 0.481 e. The highest BCUT2D eigenvalue weighted by atomic mass is 32.2. The normalized spacial score (nSPS) is 12.2. The number of carbonyl (C=O) groups is 2. The SMILES string of the molecule is CCC(C)N(CCOC)C(=O)CSCC(=O)O. The van der Waals surface area contributed by atoms with Crippen molar-refractivity contribution in [2.24, 2.45) is 0 Å². The molecule has 0 aromatic rings. The summed E-state index contributed by atoms with van der Waals surface area (Å²) in [6.07, 6.45) is 0.874. The van der Waals surface area contributed by atoms with Gasteiger partial charge < -0.3 is 14.7 Å². The zero-order valence-corrected chi connectivity index (χ0v) is 11.5. The van der Waals surface area contributed by atoms with Crippen molar-refractivity contribution in [2.45, 2.75) is 26.3 Å². The third-order valence-electron chi connectivity index (χ3n) is 2.43. The Morgan fingerprint density at radius 2 is 2.06 bits per heavy atom. The zero-order chi connectivity index (χ0) is 13.3. The third-order valence-corrected chi connectivity index (χ3v) is 3.33. The number of nitrogens with zero attached hydrogens (tertiary/aromatic N) is 1. The summed E-state index contributed by atoms with van der Waals surface area (Å²) in [7, 11) is 1.60. The van der Waals surface area contributed by atoms with E-state index in [-0.39, 0.29) is 23.5 Å². The molecule has 100 valence electrons. The first-order valence-corrected chi connectivity index (χ1v) is 6.76. The second kappa shape index (κ2) is 9.30. The Balaban J connectivity index is 4.16. The second-order valence-electron chi connectivity index (χ2n) is 3.72. The van der Waals surface area contributed by atoms with Gasteiger partial charge in [-0.25, -0.2) is 0 Å². The molecule has 0 rings (SSSR count). The summed E-state index contributed by atoms with van der Waals surface area (Å²) in [5.74, 6) is -0.748. The number of amides is 1. The van der Waals surface area contributed by atoms with E-state index in [4.69, 9.17) is 9.84 Å². The van der Waals surface area contributed by atoms with E-state index < -0.39 is 5.97 Å². The number of rotatable bonds is 9. The number of carbonyl (C=O) groups excluding carboxylic acids is 1. The summed E-state index contributed by atoms with van der Waals surface area (Å²) in [5.41, 5.74) is 0. The van der Waals surface area contributed by atoms with Gasteiger partial charge in [-0.3, -0.25) is 9.59 Å². The minimum atomic E-state index is -0.894. The molecule has 0 heterocycles. The predicted molar refractivity (Wildman–Crippen MR) is 68.3 cm³/mol. The van der Waals surface area contributed by atoms with Crippen LogP contribution in [0.3, 0.4) is 0 Å². The van der Waals surface area contributed by atoms with E-state index in [2.05, 4.69) is 0 Å². The van der Waals surface area contributed by atoms with Crippen molar-refractivity contribution in [1.82, 2.24) is 4.90 Å². The fourth-order valence-electron chi connectivity index (χ4n) is 1.31. The minimum absolute atomic E-state index is 0.0253. The lowest BCUT2D eigenvalue weighted by Gasteiger charge is -2.28. The number of ether oxygens (including phenoxy) is 1. The predicted octanol–water partition coefficient (Wildman–Crippen LogP) is 1.08. The smallest absolute Gasteiger partial charge is 0.313 e. The second-order valence-corrected chi connectivity index (χ2v) is 4.71. The topological polar surface area (TPSA) is 66.8 Å². The van der Waals surface area contributed by atoms with Gasteiger partial charge in [-0.1, -0.05) is 6.92 Å². The number of carboxylic acids is 1. The molecule has 0 radical (unpaired) electrons. The summed E-state index contributed by atoms with van der Waals surface area (Å²) < 4.78 is 4.97. The molecule has 0 aliphatic carbocycles. The van der Waals surface area contributed by atoms with Crippen molar-refractivity contribution in [3.63, 3.8) is 0 Å². The van der Waals surface area contributed by atoms with Crippen LogP contribution in [-0.4, -0.2) is 59.7 Å². The summed E-state index contributed by atoms with van der Waals surface area (Å²) in [6, 6.07) is 0.156. The van der Waals surface area contributed by atoms with E-state index in [9.17, 15) is 9.59 Å². The first-order chi connectivity index (χ1) is 8.02. The van der Waals surface area contributed by atoms with Gasteiger partial charge in [0.1, 0.15) is 0 Å². The van der Waals surface area contributed by atoms with Crippen LogP contribution in [0, 0.1) is 0 Å². The molecule has 0 fully saturated rings. The molecule has 0 aromatic heterocycles. The minimum Gasteiger partial charge on any atom is -0.481 e. The maximum atomic E-state index is 11.9. The maximum Gasteiger partial charge on any atom is 0.313 e. The summed E-state index contributed by atoms with van der Waals surface area (Å²) in [4.78, 5) is 24.0. The fraction of sp³-hybridized carbons (Fsp3) is 0.818. The standard InChI is InChI=1S/C11H21NO4S/c1-4-9(2)12(5-6-16-3)10(13)7-17-8-11(14)15/h9H,4-8H2,1-3H3,(H,14,15). The van der Waals surface area contributed by atoms with Crippen LogP contribution in [0.2, 0.25) is 0 Å². The zero-order valence-electron chi connectivity index (χ0n) is 10.6. The lowest BCUT2D eigenvalue weighted by atomic mass is 10.2. The van der Waals surface area contributed by atoms with Gasteiger partial charge >= 0.3 is 5.97 Å². The van der Waals surface area contributed by atoms with E-state index in [1.54, 1.807) is 12.0 Å². The number of methoxy groups -OCH3 is 1. The first kappa shape index (κ1) is 16.2. The van der Waals surface area contributed by atoms with Crippen molar-refractivity contribution < 1.29 is 19.4 Å². The van der Waals surface area contributed by atoms with E-state index in [0.29, 0.717) is 13.2 Å². The van der Waals surface area contributed by atoms with E-state index in [1.807, 2.05) is 13.8 Å². The lowest BCUT2D eigenvalue weighted by molar-refractivity contribution is -0.133. The Hall–Kier alpha value is -0.750. The van der Waals surface area contributed by atoms with Crippen LogP contribution in [0.15, 0.2) is 0 Å². The van der Waals surface area contributed by atoms with Crippen LogP contribution in [0.4, 0.5) is 0 Å². The summed E-state index contributed by atoms with van der Waals surface area (Å²) in [5, 5.41) is 8.50. The van der Waals surface area contributed by atoms with Crippen LogP contribution in [0.1, 0.15) is 20.3 Å². The van der Waals surface area contributed by atoms with Gasteiger partial charge in [-0.15, -0.1) is 11.8 Å². The number of aliphatic carboxylic acids is 1. The molecular weight excluding hydrogens is 242 g/mol. The molecule has 17 heavy (non-hydrogen) atoms. The summed E-state index contributed by atoms with van der Waals surface area (Å²) in [6.45, 7) is 5.05. The molecule has 0 aromatic carbocycles. The Labute approximate surface area is 107 Å². The van der Waals surface area contributed by atoms with Gasteiger partial charge in [-0.05, 0) is 13.3 Å². The molecule has 0 saturated heterocycles. The fourth-order valence-corrected chi connectivity index (χ4v) is 1.93. The van der Waals surface area contributed by atoms with E-state index >= 15 is 0 Å². The van der Waals surface area contributed by atoms with Crippen LogP contribution < -0.4 is 0 Å². The average Bonchev–Trinajstić information content (AvgIpc) is 2.28. The first-order valence-electron chi connectivity index (χ1n) is 5.60. The molecule has 1 amide bonds. The van der Waals surface area contributed by atoms with Crippen molar-refractivity contribution in [2.75, 3.05) is 31.8 Å². The van der Waals surface area contributed by atoms with Crippen molar-refractivity contribution in [3.05, 3.63) is 0 Å². The molecule has 0 aliphatic heterocycles. The molecule has 0 bridgehead atoms. The Morgan fingerprint density at radius 1 is 1.41 bits per heavy atom. The van der Waals surface area contributed by atoms with Gasteiger partial charge in [0.15, 0.2) is 0 Å². The van der Waals surface area contributed by atoms with Gasteiger partial charge in [0.2, 0.25) is 5.91 Å². The number of carboxylic acid groups (broad SMARTS) is 1. The molecule has 5 nitrogen and oxygen atoms in total. The van der Waals surface area contributed by atoms with E-state index in [1.165, 1.54) is 0 Å². The van der Waals surface area contributed by atoms with Crippen molar-refractivity contribution in [3.8, 4) is 0 Å². The number of thioether (sulfide) groups is 1. The van der Waals surface area contributed by atoms with Gasteiger partial charge in [0.05, 0.1) is 18.1 Å². The molecule has 1 atom stereocenters. The Kier molecular flexibility index (Phi) is 8.89. The molecule has 0 saturated carbocycles. The quantitative estimate of drug-likeness (QED) is 0.674. The molecular formula is C11H21NO4S. The lowest BCUT2D eigenvalue weighted by Crippen LogP contribution is -2.41. The summed E-state index contributed by atoms with van der Waals surface area (Å²) >= 11 is 1.13. The molecule has 1 unspecified atom stereocenters. The highest BCUT2D eigenvalue weighted by Crippen LogP contribution is 2.08. The van der Waals surface area contributed by atoms with Crippen LogP contribution in [0.25, 0.3) is 0 Å². The Morgan fingerprint density at radius 3 is 2.53 bits per heavy atom. The maximum absolute atomic E-state index is 11.9. The van der Waals surface area contributed by atoms with Crippen molar-refractivity contribution in [1.29, 1.82) is 0 Å². The van der Waals surface area contributed by atoms with E-state index in [0.717, 1.165) is 18.2 Å². The average molecular weight is 263 g/mol. The monoisotopic (exact) mass is 263 g/mol. The molecule has 1 N–H and O–H groups in total. The molecule has 6 heteroatoms. The van der Waals surface area contributed by atoms with Crippen LogP contribution in [-0.2, 0) is 14.3 Å². The molecule has 0 aliphatic rings. The van der Waals surface area contributed by atoms with Crippen LogP contribution in [0.5, 0.6) is 0 Å². The highest BCUT2D eigenvalue weighted by Gasteiger charge is 2.18. The van der Waals surface area contributed by atoms with Gasteiger partial charge in [0, 0.05) is 19.7 Å². The van der Waals surface area contributed by atoms with Gasteiger partial charge in [0.25, 0.3) is 0 Å². The third kappa shape index (κ3) is 7.23. The number of hydrogen-bond acceptors (Lipinski definition) is 4. The highest BCUT2D eigenvalue weighted by molar-refractivity contribution is 8.00. The van der Waals surface area contributed by atoms with Gasteiger partial charge in [-0.2, -0.15) is 0 Å². The van der Waals surface area contributed by atoms with Crippen LogP contribution >= 0.6 is 11.8 Å². The Bertz CT molecular complexity index is 248.